The molecule has 0 spiro atoms. The van der Waals surface area contributed by atoms with Crippen molar-refractivity contribution in [2.75, 3.05) is 32.1 Å². The number of ether oxygens (including phenoxy) is 2. The van der Waals surface area contributed by atoms with Crippen molar-refractivity contribution >= 4 is 17.5 Å². The topological polar surface area (TPSA) is 67.9 Å². The lowest BCUT2D eigenvalue weighted by atomic mass is 10.2. The van der Waals surface area contributed by atoms with Crippen LogP contribution in [0.1, 0.15) is 12.5 Å². The molecular formula is C20H24N2O4. The average Bonchev–Trinajstić information content (AvgIpc) is 2.67. The second-order valence-electron chi connectivity index (χ2n) is 5.63. The first-order valence-corrected chi connectivity index (χ1v) is 8.46. The fourth-order valence-electron chi connectivity index (χ4n) is 2.41. The van der Waals surface area contributed by atoms with Crippen LogP contribution in [-0.2, 0) is 20.9 Å². The standard InChI is InChI=1S/C20H24N2O4/c1-3-22(20(24)15-26-14-16-9-5-4-6-10-16)13-19(23)21-17-11-7-8-12-18(17)25-2/h4-12H,3,13-15H2,1-2H3,(H,21,23). The van der Waals surface area contributed by atoms with Gasteiger partial charge >= 0.3 is 0 Å². The van der Waals surface area contributed by atoms with E-state index in [9.17, 15) is 9.59 Å². The number of nitrogens with one attached hydrogen (secondary N) is 1. The first-order valence-electron chi connectivity index (χ1n) is 8.46. The van der Waals surface area contributed by atoms with Crippen LogP contribution in [0.15, 0.2) is 54.6 Å². The van der Waals surface area contributed by atoms with E-state index >= 15 is 0 Å². The van der Waals surface area contributed by atoms with Crippen molar-refractivity contribution in [3.05, 3.63) is 60.2 Å². The number of benzene rings is 2. The zero-order valence-electron chi connectivity index (χ0n) is 15.1. The van der Waals surface area contributed by atoms with Crippen molar-refractivity contribution < 1.29 is 19.1 Å². The van der Waals surface area contributed by atoms with E-state index in [1.807, 2.05) is 43.3 Å². The Morgan fingerprint density at radius 2 is 1.73 bits per heavy atom. The van der Waals surface area contributed by atoms with Crippen LogP contribution in [0.5, 0.6) is 5.75 Å². The molecule has 0 aliphatic heterocycles. The van der Waals surface area contributed by atoms with E-state index in [2.05, 4.69) is 5.32 Å². The van der Waals surface area contributed by atoms with Gasteiger partial charge in [-0.25, -0.2) is 0 Å². The highest BCUT2D eigenvalue weighted by Gasteiger charge is 2.16. The van der Waals surface area contributed by atoms with Crippen LogP contribution in [0.3, 0.4) is 0 Å². The fraction of sp³-hybridized carbons (Fsp3) is 0.300. The van der Waals surface area contributed by atoms with E-state index in [0.717, 1.165) is 5.56 Å². The molecule has 0 saturated carbocycles. The number of anilines is 1. The normalized spacial score (nSPS) is 10.2. The zero-order valence-corrected chi connectivity index (χ0v) is 15.1. The first kappa shape index (κ1) is 19.5. The van der Waals surface area contributed by atoms with Crippen molar-refractivity contribution in [1.29, 1.82) is 0 Å². The van der Waals surface area contributed by atoms with Gasteiger partial charge in [0.2, 0.25) is 11.8 Å². The molecule has 2 amide bonds. The zero-order chi connectivity index (χ0) is 18.8. The van der Waals surface area contributed by atoms with Gasteiger partial charge in [-0.15, -0.1) is 0 Å². The maximum Gasteiger partial charge on any atom is 0.249 e. The molecule has 0 atom stereocenters. The van der Waals surface area contributed by atoms with Gasteiger partial charge in [0.05, 0.1) is 25.9 Å². The predicted octanol–water partition coefficient (Wildman–Crippen LogP) is 2.70. The number of hydrogen-bond donors (Lipinski definition) is 1. The number of carbonyl (C=O) groups is 2. The van der Waals surface area contributed by atoms with Crippen molar-refractivity contribution in [3.8, 4) is 5.75 Å². The van der Waals surface area contributed by atoms with Crippen LogP contribution >= 0.6 is 0 Å². The van der Waals surface area contributed by atoms with Crippen molar-refractivity contribution in [1.82, 2.24) is 4.90 Å². The highest BCUT2D eigenvalue weighted by Crippen LogP contribution is 2.22. The predicted molar refractivity (Wildman–Crippen MR) is 100.0 cm³/mol. The monoisotopic (exact) mass is 356 g/mol. The van der Waals surface area contributed by atoms with Crippen LogP contribution < -0.4 is 10.1 Å². The number of rotatable bonds is 9. The third-order valence-corrected chi connectivity index (χ3v) is 3.79. The molecule has 6 heteroatoms. The highest BCUT2D eigenvalue weighted by molar-refractivity contribution is 5.95. The van der Waals surface area contributed by atoms with E-state index in [-0.39, 0.29) is 25.0 Å². The lowest BCUT2D eigenvalue weighted by Crippen LogP contribution is -2.39. The van der Waals surface area contributed by atoms with E-state index in [1.165, 1.54) is 12.0 Å². The first-order chi connectivity index (χ1) is 12.6. The lowest BCUT2D eigenvalue weighted by Gasteiger charge is -2.20. The molecule has 0 aliphatic rings. The Balaban J connectivity index is 1.83. The Bertz CT molecular complexity index is 719. The molecule has 0 saturated heterocycles. The lowest BCUT2D eigenvalue weighted by molar-refractivity contribution is -0.139. The third-order valence-electron chi connectivity index (χ3n) is 3.79. The third kappa shape index (κ3) is 5.89. The molecule has 0 bridgehead atoms. The van der Waals surface area contributed by atoms with Crippen LogP contribution in [-0.4, -0.2) is 43.5 Å². The number of amides is 2. The SMILES string of the molecule is CCN(CC(=O)Nc1ccccc1OC)C(=O)COCc1ccccc1. The van der Waals surface area contributed by atoms with Gasteiger partial charge in [-0.2, -0.15) is 0 Å². The number of carbonyl (C=O) groups excluding carboxylic acids is 2. The van der Waals surface area contributed by atoms with Gasteiger partial charge in [-0.05, 0) is 24.6 Å². The molecular weight excluding hydrogens is 332 g/mol. The van der Waals surface area contributed by atoms with Crippen molar-refractivity contribution in [2.24, 2.45) is 0 Å². The Hall–Kier alpha value is -2.86. The minimum Gasteiger partial charge on any atom is -0.495 e. The van der Waals surface area contributed by atoms with Gasteiger partial charge in [0, 0.05) is 6.54 Å². The molecule has 26 heavy (non-hydrogen) atoms. The average molecular weight is 356 g/mol. The molecule has 1 N–H and O–H groups in total. The van der Waals surface area contributed by atoms with Crippen LogP contribution in [0.4, 0.5) is 5.69 Å². The molecule has 0 heterocycles. The summed E-state index contributed by atoms with van der Waals surface area (Å²) in [4.78, 5) is 26.0. The largest absolute Gasteiger partial charge is 0.495 e. The number of methoxy groups -OCH3 is 1. The number of nitrogens with zero attached hydrogens (tertiary/aromatic N) is 1. The molecule has 0 fully saturated rings. The van der Waals surface area contributed by atoms with E-state index in [4.69, 9.17) is 9.47 Å². The van der Waals surface area contributed by atoms with Gasteiger partial charge in [0.15, 0.2) is 0 Å². The summed E-state index contributed by atoms with van der Waals surface area (Å²) in [5.41, 5.74) is 1.57. The summed E-state index contributed by atoms with van der Waals surface area (Å²) in [6, 6.07) is 16.8. The fourth-order valence-corrected chi connectivity index (χ4v) is 2.41. The molecule has 0 aliphatic carbocycles. The van der Waals surface area contributed by atoms with Gasteiger partial charge in [0.25, 0.3) is 0 Å². The Labute approximate surface area is 153 Å². The number of likely N-dealkylation sites (N-methyl/N-ethyl adjacent to an activating group) is 1. The quantitative estimate of drug-likeness (QED) is 0.750. The number of para-hydroxylation sites is 2. The summed E-state index contributed by atoms with van der Waals surface area (Å²) in [5.74, 6) is 0.0628. The summed E-state index contributed by atoms with van der Waals surface area (Å²) < 4.78 is 10.7. The highest BCUT2D eigenvalue weighted by atomic mass is 16.5. The summed E-state index contributed by atoms with van der Waals surface area (Å²) >= 11 is 0. The molecule has 6 nitrogen and oxygen atoms in total. The second-order valence-corrected chi connectivity index (χ2v) is 5.63. The van der Waals surface area contributed by atoms with Gasteiger partial charge in [-0.3, -0.25) is 9.59 Å². The maximum atomic E-state index is 12.3. The summed E-state index contributed by atoms with van der Waals surface area (Å²) in [6.07, 6.45) is 0. The Morgan fingerprint density at radius 1 is 1.04 bits per heavy atom. The second kappa shape index (κ2) is 10.2. The summed E-state index contributed by atoms with van der Waals surface area (Å²) in [7, 11) is 1.54. The van der Waals surface area contributed by atoms with E-state index in [0.29, 0.717) is 24.6 Å². The molecule has 0 aromatic heterocycles. The van der Waals surface area contributed by atoms with Crippen LogP contribution in [0.2, 0.25) is 0 Å². The van der Waals surface area contributed by atoms with Crippen molar-refractivity contribution in [2.45, 2.75) is 13.5 Å². The molecule has 2 rings (SSSR count). The molecule has 138 valence electrons. The van der Waals surface area contributed by atoms with Gasteiger partial charge in [0.1, 0.15) is 12.4 Å². The molecule has 2 aromatic carbocycles. The molecule has 0 radical (unpaired) electrons. The Morgan fingerprint density at radius 3 is 2.42 bits per heavy atom. The van der Waals surface area contributed by atoms with Gasteiger partial charge in [-0.1, -0.05) is 42.5 Å². The molecule has 0 unspecified atom stereocenters. The van der Waals surface area contributed by atoms with Gasteiger partial charge < -0.3 is 19.7 Å². The Kier molecular flexibility index (Phi) is 7.64. The number of hydrogen-bond acceptors (Lipinski definition) is 4. The summed E-state index contributed by atoms with van der Waals surface area (Å²) in [6.45, 7) is 2.50. The van der Waals surface area contributed by atoms with Crippen LogP contribution in [0.25, 0.3) is 0 Å². The minimum atomic E-state index is -0.284. The summed E-state index contributed by atoms with van der Waals surface area (Å²) in [5, 5.41) is 2.76. The minimum absolute atomic E-state index is 0.0396. The molecule has 2 aromatic rings. The van der Waals surface area contributed by atoms with Crippen LogP contribution in [0, 0.1) is 0 Å². The van der Waals surface area contributed by atoms with Crippen molar-refractivity contribution in [3.63, 3.8) is 0 Å². The van der Waals surface area contributed by atoms with E-state index < -0.39 is 0 Å². The smallest absolute Gasteiger partial charge is 0.249 e. The maximum absolute atomic E-state index is 12.3. The van der Waals surface area contributed by atoms with E-state index in [1.54, 1.807) is 18.2 Å².